The molecule has 0 unspecified atom stereocenters. The summed E-state index contributed by atoms with van der Waals surface area (Å²) in [5.41, 5.74) is 1.32. The summed E-state index contributed by atoms with van der Waals surface area (Å²) >= 11 is 0. The minimum Gasteiger partial charge on any atom is -0.357 e. The molecule has 0 aliphatic rings. The van der Waals surface area contributed by atoms with Crippen LogP contribution in [0.2, 0.25) is 0 Å². The molecule has 0 fully saturated rings. The Kier molecular flexibility index (Phi) is 7.49. The minimum absolute atomic E-state index is 0.693. The van der Waals surface area contributed by atoms with Crippen molar-refractivity contribution in [3.05, 3.63) is 23.9 Å². The summed E-state index contributed by atoms with van der Waals surface area (Å²) in [4.78, 5) is 6.86. The monoisotopic (exact) mass is 263 g/mol. The van der Waals surface area contributed by atoms with Gasteiger partial charge in [0.1, 0.15) is 5.82 Å². The molecule has 0 aliphatic heterocycles. The van der Waals surface area contributed by atoms with Crippen molar-refractivity contribution in [2.75, 3.05) is 24.5 Å². The lowest BCUT2D eigenvalue weighted by Gasteiger charge is -2.22. The van der Waals surface area contributed by atoms with Crippen molar-refractivity contribution in [2.45, 2.75) is 47.1 Å². The lowest BCUT2D eigenvalue weighted by molar-refractivity contribution is 0.552. The van der Waals surface area contributed by atoms with Gasteiger partial charge in [-0.15, -0.1) is 0 Å². The Morgan fingerprint density at radius 3 is 2.74 bits per heavy atom. The molecule has 1 rings (SSSR count). The average molecular weight is 263 g/mol. The maximum atomic E-state index is 4.50. The second kappa shape index (κ2) is 8.92. The Balaban J connectivity index is 2.58. The van der Waals surface area contributed by atoms with Crippen molar-refractivity contribution >= 4 is 5.82 Å². The van der Waals surface area contributed by atoms with E-state index in [-0.39, 0.29) is 0 Å². The predicted molar refractivity (Wildman–Crippen MR) is 83.6 cm³/mol. The molecule has 0 saturated heterocycles. The van der Waals surface area contributed by atoms with Crippen molar-refractivity contribution < 1.29 is 0 Å². The van der Waals surface area contributed by atoms with E-state index in [4.69, 9.17) is 0 Å². The molecule has 0 bridgehead atoms. The van der Waals surface area contributed by atoms with E-state index in [1.165, 1.54) is 18.4 Å². The Morgan fingerprint density at radius 1 is 1.32 bits per heavy atom. The van der Waals surface area contributed by atoms with Crippen LogP contribution in [0.25, 0.3) is 0 Å². The number of nitrogens with zero attached hydrogens (tertiary/aromatic N) is 2. The van der Waals surface area contributed by atoms with E-state index in [2.05, 4.69) is 55.0 Å². The molecule has 0 aliphatic carbocycles. The number of hydrogen-bond donors (Lipinski definition) is 1. The number of pyridine rings is 1. The lowest BCUT2D eigenvalue weighted by Crippen LogP contribution is -2.25. The van der Waals surface area contributed by atoms with Gasteiger partial charge >= 0.3 is 0 Å². The van der Waals surface area contributed by atoms with Crippen molar-refractivity contribution in [2.24, 2.45) is 5.92 Å². The van der Waals surface area contributed by atoms with Gasteiger partial charge in [-0.2, -0.15) is 0 Å². The summed E-state index contributed by atoms with van der Waals surface area (Å²) in [5.74, 6) is 1.80. The van der Waals surface area contributed by atoms with E-state index in [0.29, 0.717) is 5.92 Å². The Bertz CT molecular complexity index is 350. The van der Waals surface area contributed by atoms with Gasteiger partial charge in [0.15, 0.2) is 0 Å². The van der Waals surface area contributed by atoms with E-state index in [0.717, 1.165) is 32.0 Å². The Morgan fingerprint density at radius 2 is 2.11 bits per heavy atom. The highest BCUT2D eigenvalue weighted by Crippen LogP contribution is 2.13. The zero-order valence-corrected chi connectivity index (χ0v) is 12.9. The number of nitrogens with one attached hydrogen (secondary N) is 1. The van der Waals surface area contributed by atoms with Crippen LogP contribution in [0, 0.1) is 5.92 Å². The molecular weight excluding hydrogens is 234 g/mol. The second-order valence-corrected chi connectivity index (χ2v) is 5.48. The zero-order valence-electron chi connectivity index (χ0n) is 12.9. The molecule has 108 valence electrons. The number of anilines is 1. The molecule has 0 aromatic carbocycles. The molecule has 1 N–H and O–H groups in total. The quantitative estimate of drug-likeness (QED) is 0.739. The summed E-state index contributed by atoms with van der Waals surface area (Å²) in [5, 5.41) is 3.48. The largest absolute Gasteiger partial charge is 0.357 e. The van der Waals surface area contributed by atoms with Gasteiger partial charge in [0.2, 0.25) is 0 Å². The highest BCUT2D eigenvalue weighted by atomic mass is 15.2. The maximum Gasteiger partial charge on any atom is 0.128 e. The SMILES string of the molecule is CCCCN(CC)c1cc(CNCC(C)C)ccn1. The standard InChI is InChI=1S/C16H29N3/c1-5-7-10-19(6-2)16-11-15(8-9-18-16)13-17-12-14(3)4/h8-9,11,14,17H,5-7,10,12-13H2,1-4H3. The van der Waals surface area contributed by atoms with Crippen molar-refractivity contribution in [1.29, 1.82) is 0 Å². The molecule has 19 heavy (non-hydrogen) atoms. The van der Waals surface area contributed by atoms with Crippen LogP contribution in [-0.2, 0) is 6.54 Å². The third-order valence-electron chi connectivity index (χ3n) is 3.18. The first-order valence-corrected chi connectivity index (χ1v) is 7.58. The van der Waals surface area contributed by atoms with Crippen LogP contribution < -0.4 is 10.2 Å². The first kappa shape index (κ1) is 16.0. The number of aromatic nitrogens is 1. The Hall–Kier alpha value is -1.09. The summed E-state index contributed by atoms with van der Waals surface area (Å²) in [7, 11) is 0. The summed E-state index contributed by atoms with van der Waals surface area (Å²) < 4.78 is 0. The third-order valence-corrected chi connectivity index (χ3v) is 3.18. The molecular formula is C16H29N3. The molecule has 0 radical (unpaired) electrons. The molecule has 3 nitrogen and oxygen atoms in total. The molecule has 1 aromatic heterocycles. The fourth-order valence-corrected chi connectivity index (χ4v) is 2.03. The zero-order chi connectivity index (χ0) is 14.1. The van der Waals surface area contributed by atoms with Crippen molar-refractivity contribution in [3.8, 4) is 0 Å². The predicted octanol–water partition coefficient (Wildman–Crippen LogP) is 3.45. The van der Waals surface area contributed by atoms with Crippen molar-refractivity contribution in [3.63, 3.8) is 0 Å². The molecule has 0 atom stereocenters. The Labute approximate surface area is 118 Å². The van der Waals surface area contributed by atoms with Gasteiger partial charge < -0.3 is 10.2 Å². The van der Waals surface area contributed by atoms with Crippen LogP contribution >= 0.6 is 0 Å². The highest BCUT2D eigenvalue weighted by molar-refractivity contribution is 5.40. The topological polar surface area (TPSA) is 28.2 Å². The lowest BCUT2D eigenvalue weighted by atomic mass is 10.2. The van der Waals surface area contributed by atoms with E-state index < -0.39 is 0 Å². The fourth-order valence-electron chi connectivity index (χ4n) is 2.03. The minimum atomic E-state index is 0.693. The van der Waals surface area contributed by atoms with Crippen LogP contribution in [0.1, 0.15) is 46.1 Å². The van der Waals surface area contributed by atoms with Gasteiger partial charge in [0, 0.05) is 25.8 Å². The summed E-state index contributed by atoms with van der Waals surface area (Å²) in [6.45, 7) is 13.0. The second-order valence-electron chi connectivity index (χ2n) is 5.48. The van der Waals surface area contributed by atoms with Gasteiger partial charge in [-0.25, -0.2) is 4.98 Å². The van der Waals surface area contributed by atoms with E-state index in [1.807, 2.05) is 6.20 Å². The number of rotatable bonds is 9. The van der Waals surface area contributed by atoms with Gasteiger partial charge in [0.05, 0.1) is 0 Å². The average Bonchev–Trinajstić information content (AvgIpc) is 2.40. The number of unbranched alkanes of at least 4 members (excludes halogenated alkanes) is 1. The molecule has 0 spiro atoms. The van der Waals surface area contributed by atoms with Crippen LogP contribution in [0.15, 0.2) is 18.3 Å². The summed E-state index contributed by atoms with van der Waals surface area (Å²) in [6.07, 6.45) is 4.38. The van der Waals surface area contributed by atoms with Gasteiger partial charge in [-0.1, -0.05) is 27.2 Å². The van der Waals surface area contributed by atoms with E-state index in [9.17, 15) is 0 Å². The van der Waals surface area contributed by atoms with Gasteiger partial charge in [0.25, 0.3) is 0 Å². The molecule has 3 heteroatoms. The van der Waals surface area contributed by atoms with E-state index >= 15 is 0 Å². The van der Waals surface area contributed by atoms with Crippen LogP contribution in [0.5, 0.6) is 0 Å². The maximum absolute atomic E-state index is 4.50. The summed E-state index contributed by atoms with van der Waals surface area (Å²) in [6, 6.07) is 4.32. The normalized spacial score (nSPS) is 11.0. The van der Waals surface area contributed by atoms with Crippen LogP contribution in [-0.4, -0.2) is 24.6 Å². The first-order chi connectivity index (χ1) is 9.17. The van der Waals surface area contributed by atoms with Crippen molar-refractivity contribution in [1.82, 2.24) is 10.3 Å². The molecule has 0 amide bonds. The fraction of sp³-hybridized carbons (Fsp3) is 0.688. The third kappa shape index (κ3) is 6.06. The first-order valence-electron chi connectivity index (χ1n) is 7.58. The highest BCUT2D eigenvalue weighted by Gasteiger charge is 2.05. The smallest absolute Gasteiger partial charge is 0.128 e. The van der Waals surface area contributed by atoms with Gasteiger partial charge in [-0.05, 0) is 43.5 Å². The van der Waals surface area contributed by atoms with Crippen LogP contribution in [0.3, 0.4) is 0 Å². The molecule has 1 aromatic rings. The molecule has 0 saturated carbocycles. The van der Waals surface area contributed by atoms with Crippen LogP contribution in [0.4, 0.5) is 5.82 Å². The van der Waals surface area contributed by atoms with E-state index in [1.54, 1.807) is 0 Å². The van der Waals surface area contributed by atoms with Gasteiger partial charge in [-0.3, -0.25) is 0 Å². The number of hydrogen-bond acceptors (Lipinski definition) is 3. The molecule has 1 heterocycles.